The van der Waals surface area contributed by atoms with Gasteiger partial charge in [-0.05, 0) is 26.2 Å². The summed E-state index contributed by atoms with van der Waals surface area (Å²) in [6.45, 7) is 13.3. The molecule has 0 aliphatic heterocycles. The van der Waals surface area contributed by atoms with Crippen molar-refractivity contribution in [2.45, 2.75) is 41.5 Å². The Kier molecular flexibility index (Phi) is 5.29. The van der Waals surface area contributed by atoms with Crippen molar-refractivity contribution in [3.8, 4) is 0 Å². The van der Waals surface area contributed by atoms with Crippen LogP contribution in [0.2, 0.25) is 0 Å². The van der Waals surface area contributed by atoms with Crippen LogP contribution in [-0.4, -0.2) is 25.8 Å². The van der Waals surface area contributed by atoms with E-state index in [0.29, 0.717) is 19.8 Å². The second kappa shape index (κ2) is 5.50. The summed E-state index contributed by atoms with van der Waals surface area (Å²) in [5, 5.41) is 0. The van der Waals surface area contributed by atoms with Crippen LogP contribution in [0, 0.1) is 10.8 Å². The fraction of sp³-hybridized carbons (Fsp3) is 0.917. The molecule has 0 radical (unpaired) electrons. The quantitative estimate of drug-likeness (QED) is 0.523. The number of esters is 1. The molecule has 0 unspecified atom stereocenters. The molecule has 0 aromatic carbocycles. The van der Waals surface area contributed by atoms with Crippen LogP contribution in [0.25, 0.3) is 0 Å². The molecular formula is C12H24O3. The maximum Gasteiger partial charge on any atom is 0.312 e. The first-order valence-corrected chi connectivity index (χ1v) is 5.48. The standard InChI is InChI=1S/C12H24O3/c1-7-14-8-9-15-10(13)12(5,6)11(2,3)4/h7-9H2,1-6H3. The Bertz CT molecular complexity index is 201. The van der Waals surface area contributed by atoms with Crippen LogP contribution in [0.1, 0.15) is 41.5 Å². The summed E-state index contributed by atoms with van der Waals surface area (Å²) in [5.41, 5.74) is -0.574. The molecule has 0 bridgehead atoms. The van der Waals surface area contributed by atoms with Gasteiger partial charge in [0.1, 0.15) is 6.61 Å². The third-order valence-electron chi connectivity index (χ3n) is 3.05. The van der Waals surface area contributed by atoms with Crippen LogP contribution in [-0.2, 0) is 14.3 Å². The molecule has 0 aromatic heterocycles. The number of ether oxygens (including phenoxy) is 2. The Morgan fingerprint density at radius 2 is 1.60 bits per heavy atom. The molecule has 0 aromatic rings. The van der Waals surface area contributed by atoms with Crippen LogP contribution in [0.3, 0.4) is 0 Å². The maximum absolute atomic E-state index is 11.8. The minimum atomic E-state index is -0.473. The van der Waals surface area contributed by atoms with Crippen LogP contribution >= 0.6 is 0 Å². The Hall–Kier alpha value is -0.570. The van der Waals surface area contributed by atoms with Crippen molar-refractivity contribution in [1.29, 1.82) is 0 Å². The van der Waals surface area contributed by atoms with E-state index in [1.54, 1.807) is 0 Å². The van der Waals surface area contributed by atoms with E-state index in [9.17, 15) is 4.79 Å². The van der Waals surface area contributed by atoms with Crippen molar-refractivity contribution < 1.29 is 14.3 Å². The summed E-state index contributed by atoms with van der Waals surface area (Å²) < 4.78 is 10.3. The Morgan fingerprint density at radius 1 is 1.07 bits per heavy atom. The summed E-state index contributed by atoms with van der Waals surface area (Å²) in [6.07, 6.45) is 0. The highest BCUT2D eigenvalue weighted by Crippen LogP contribution is 2.38. The zero-order chi connectivity index (χ0) is 12.1. The summed E-state index contributed by atoms with van der Waals surface area (Å²) in [5.74, 6) is -0.158. The summed E-state index contributed by atoms with van der Waals surface area (Å²) in [7, 11) is 0. The lowest BCUT2D eigenvalue weighted by molar-refractivity contribution is -0.161. The van der Waals surface area contributed by atoms with E-state index in [1.165, 1.54) is 0 Å². The summed E-state index contributed by atoms with van der Waals surface area (Å²) in [6, 6.07) is 0. The average Bonchev–Trinajstić information content (AvgIpc) is 2.10. The zero-order valence-electron chi connectivity index (χ0n) is 10.8. The first kappa shape index (κ1) is 14.4. The number of rotatable bonds is 5. The second-order valence-electron chi connectivity index (χ2n) is 5.21. The van der Waals surface area contributed by atoms with E-state index in [-0.39, 0.29) is 11.4 Å². The van der Waals surface area contributed by atoms with E-state index in [2.05, 4.69) is 0 Å². The van der Waals surface area contributed by atoms with Gasteiger partial charge in [0.2, 0.25) is 0 Å². The smallest absolute Gasteiger partial charge is 0.312 e. The molecule has 0 saturated carbocycles. The van der Waals surface area contributed by atoms with Crippen LogP contribution in [0.5, 0.6) is 0 Å². The molecule has 3 heteroatoms. The van der Waals surface area contributed by atoms with Gasteiger partial charge in [-0.3, -0.25) is 4.79 Å². The number of hydrogen-bond donors (Lipinski definition) is 0. The fourth-order valence-corrected chi connectivity index (χ4v) is 0.824. The molecule has 0 amide bonds. The largest absolute Gasteiger partial charge is 0.463 e. The normalized spacial score (nSPS) is 12.7. The zero-order valence-corrected chi connectivity index (χ0v) is 10.8. The first-order valence-electron chi connectivity index (χ1n) is 5.48. The molecule has 0 aliphatic rings. The van der Waals surface area contributed by atoms with E-state index < -0.39 is 5.41 Å². The van der Waals surface area contributed by atoms with Gasteiger partial charge in [0.05, 0.1) is 12.0 Å². The Morgan fingerprint density at radius 3 is 2.00 bits per heavy atom. The highest BCUT2D eigenvalue weighted by atomic mass is 16.6. The van der Waals surface area contributed by atoms with E-state index >= 15 is 0 Å². The topological polar surface area (TPSA) is 35.5 Å². The van der Waals surface area contributed by atoms with Crippen LogP contribution in [0.15, 0.2) is 0 Å². The predicted molar refractivity (Wildman–Crippen MR) is 60.7 cm³/mol. The summed E-state index contributed by atoms with van der Waals surface area (Å²) >= 11 is 0. The number of hydrogen-bond acceptors (Lipinski definition) is 3. The molecular weight excluding hydrogens is 192 g/mol. The second-order valence-corrected chi connectivity index (χ2v) is 5.21. The SMILES string of the molecule is CCOCCOC(=O)C(C)(C)C(C)(C)C. The third-order valence-corrected chi connectivity index (χ3v) is 3.05. The molecule has 90 valence electrons. The van der Waals surface area contributed by atoms with Crippen molar-refractivity contribution >= 4 is 5.97 Å². The molecule has 15 heavy (non-hydrogen) atoms. The van der Waals surface area contributed by atoms with E-state index in [4.69, 9.17) is 9.47 Å². The lowest BCUT2D eigenvalue weighted by Crippen LogP contribution is -2.39. The van der Waals surface area contributed by atoms with Gasteiger partial charge in [0.15, 0.2) is 0 Å². The van der Waals surface area contributed by atoms with Crippen molar-refractivity contribution in [3.63, 3.8) is 0 Å². The van der Waals surface area contributed by atoms with Gasteiger partial charge in [-0.2, -0.15) is 0 Å². The van der Waals surface area contributed by atoms with Crippen molar-refractivity contribution in [2.75, 3.05) is 19.8 Å². The lowest BCUT2D eigenvalue weighted by atomic mass is 9.69. The first-order chi connectivity index (χ1) is 6.73. The van der Waals surface area contributed by atoms with Crippen LogP contribution < -0.4 is 0 Å². The third kappa shape index (κ3) is 4.20. The van der Waals surface area contributed by atoms with Crippen LogP contribution in [0.4, 0.5) is 0 Å². The highest BCUT2D eigenvalue weighted by molar-refractivity contribution is 5.76. The molecule has 3 nitrogen and oxygen atoms in total. The van der Waals surface area contributed by atoms with Crippen molar-refractivity contribution in [2.24, 2.45) is 10.8 Å². The Balaban J connectivity index is 4.10. The van der Waals surface area contributed by atoms with Crippen molar-refractivity contribution in [3.05, 3.63) is 0 Å². The monoisotopic (exact) mass is 216 g/mol. The number of carbonyl (C=O) groups is 1. The highest BCUT2D eigenvalue weighted by Gasteiger charge is 2.41. The van der Waals surface area contributed by atoms with Crippen molar-refractivity contribution in [1.82, 2.24) is 0 Å². The van der Waals surface area contributed by atoms with E-state index in [0.717, 1.165) is 0 Å². The van der Waals surface area contributed by atoms with Gasteiger partial charge in [-0.1, -0.05) is 20.8 Å². The maximum atomic E-state index is 11.8. The van der Waals surface area contributed by atoms with E-state index in [1.807, 2.05) is 41.5 Å². The van der Waals surface area contributed by atoms with Gasteiger partial charge in [0.25, 0.3) is 0 Å². The van der Waals surface area contributed by atoms with Gasteiger partial charge < -0.3 is 9.47 Å². The number of carbonyl (C=O) groups excluding carboxylic acids is 1. The van der Waals surface area contributed by atoms with Gasteiger partial charge >= 0.3 is 5.97 Å². The summed E-state index contributed by atoms with van der Waals surface area (Å²) in [4.78, 5) is 11.8. The molecule has 0 spiro atoms. The molecule has 0 N–H and O–H groups in total. The molecule has 0 rings (SSSR count). The van der Waals surface area contributed by atoms with Gasteiger partial charge in [0, 0.05) is 6.61 Å². The molecule has 0 aliphatic carbocycles. The van der Waals surface area contributed by atoms with Gasteiger partial charge in [-0.25, -0.2) is 0 Å². The van der Waals surface area contributed by atoms with Gasteiger partial charge in [-0.15, -0.1) is 0 Å². The molecule has 0 fully saturated rings. The Labute approximate surface area is 93.1 Å². The fourth-order valence-electron chi connectivity index (χ4n) is 0.824. The molecule has 0 heterocycles. The molecule has 0 saturated heterocycles. The average molecular weight is 216 g/mol. The predicted octanol–water partition coefficient (Wildman–Crippen LogP) is 2.64. The minimum absolute atomic E-state index is 0.101. The minimum Gasteiger partial charge on any atom is -0.463 e. The molecule has 0 atom stereocenters. The lowest BCUT2D eigenvalue weighted by Gasteiger charge is -2.36.